The summed E-state index contributed by atoms with van der Waals surface area (Å²) in [6.45, 7) is 2.41. The molecule has 4 rings (SSSR count). The van der Waals surface area contributed by atoms with Crippen molar-refractivity contribution in [2.24, 2.45) is 5.73 Å². The molecule has 6 nitrogen and oxygen atoms in total. The molecule has 0 unspecified atom stereocenters. The van der Waals surface area contributed by atoms with Crippen LogP contribution in [0.1, 0.15) is 41.9 Å². The number of ketones is 1. The molecule has 1 aliphatic heterocycles. The number of hydrogen-bond donors (Lipinski definition) is 1. The van der Waals surface area contributed by atoms with Crippen molar-refractivity contribution in [2.75, 3.05) is 7.11 Å². The van der Waals surface area contributed by atoms with E-state index in [1.165, 1.54) is 5.56 Å². The number of methoxy groups -OCH3 is 1. The van der Waals surface area contributed by atoms with E-state index in [-0.39, 0.29) is 17.2 Å². The van der Waals surface area contributed by atoms with E-state index >= 15 is 0 Å². The first kappa shape index (κ1) is 22.0. The third kappa shape index (κ3) is 4.11. The summed E-state index contributed by atoms with van der Waals surface area (Å²) in [6, 6.07) is 13.8. The van der Waals surface area contributed by atoms with Crippen LogP contribution in [-0.4, -0.2) is 12.9 Å². The van der Waals surface area contributed by atoms with Gasteiger partial charge in [-0.05, 0) is 36.6 Å². The van der Waals surface area contributed by atoms with Crippen molar-refractivity contribution in [2.45, 2.75) is 38.7 Å². The molecule has 2 aliphatic rings. The van der Waals surface area contributed by atoms with Crippen LogP contribution in [0.2, 0.25) is 0 Å². The van der Waals surface area contributed by atoms with Gasteiger partial charge in [0.25, 0.3) is 0 Å². The molecule has 0 radical (unpaired) electrons. The summed E-state index contributed by atoms with van der Waals surface area (Å²) in [7, 11) is 1.56. The molecular formula is C25H23BrN2O4. The lowest BCUT2D eigenvalue weighted by Crippen LogP contribution is -2.27. The number of rotatable bonds is 5. The summed E-state index contributed by atoms with van der Waals surface area (Å²) in [6.07, 6.45) is 1.74. The number of nitrogens with two attached hydrogens (primary N) is 1. The maximum atomic E-state index is 12.8. The summed E-state index contributed by atoms with van der Waals surface area (Å²) >= 11 is 3.61. The number of carbonyl (C=O) groups excluding carboxylic acids is 1. The molecule has 164 valence electrons. The zero-order chi connectivity index (χ0) is 22.8. The molecule has 1 heterocycles. The minimum absolute atomic E-state index is 0.0259. The van der Waals surface area contributed by atoms with Crippen molar-refractivity contribution in [1.29, 1.82) is 5.26 Å². The van der Waals surface area contributed by atoms with E-state index in [0.717, 1.165) is 5.56 Å². The van der Waals surface area contributed by atoms with Gasteiger partial charge in [-0.25, -0.2) is 0 Å². The number of hydrogen-bond acceptors (Lipinski definition) is 6. The van der Waals surface area contributed by atoms with Gasteiger partial charge in [-0.1, -0.05) is 45.8 Å². The normalized spacial score (nSPS) is 18.1. The third-order valence-electron chi connectivity index (χ3n) is 5.71. The average Bonchev–Trinajstić information content (AvgIpc) is 2.78. The fraction of sp³-hybridized carbons (Fsp3) is 0.280. The summed E-state index contributed by atoms with van der Waals surface area (Å²) in [4.78, 5) is 12.8. The van der Waals surface area contributed by atoms with Gasteiger partial charge in [-0.3, -0.25) is 4.79 Å². The maximum absolute atomic E-state index is 12.8. The Morgan fingerprint density at radius 1 is 1.22 bits per heavy atom. The predicted octanol–water partition coefficient (Wildman–Crippen LogP) is 5.16. The Labute approximate surface area is 195 Å². The van der Waals surface area contributed by atoms with Gasteiger partial charge in [0.2, 0.25) is 5.88 Å². The van der Waals surface area contributed by atoms with E-state index in [0.29, 0.717) is 58.7 Å². The molecule has 1 atom stereocenters. The number of benzene rings is 2. The summed E-state index contributed by atoms with van der Waals surface area (Å²) in [5.74, 6) is 0.997. The molecule has 2 aromatic carbocycles. The first-order chi connectivity index (χ1) is 15.4. The Kier molecular flexibility index (Phi) is 6.24. The Bertz CT molecular complexity index is 1180. The van der Waals surface area contributed by atoms with Crippen molar-refractivity contribution >= 4 is 21.7 Å². The lowest BCUT2D eigenvalue weighted by Gasteiger charge is -2.31. The van der Waals surface area contributed by atoms with Gasteiger partial charge in [-0.15, -0.1) is 0 Å². The van der Waals surface area contributed by atoms with E-state index in [2.05, 4.69) is 22.0 Å². The molecule has 0 amide bonds. The van der Waals surface area contributed by atoms with Gasteiger partial charge >= 0.3 is 0 Å². The van der Waals surface area contributed by atoms with Gasteiger partial charge in [0.15, 0.2) is 17.3 Å². The molecule has 1 aliphatic carbocycles. The number of halogens is 1. The number of allylic oxidation sites excluding steroid dienone is 3. The van der Waals surface area contributed by atoms with E-state index in [1.54, 1.807) is 19.2 Å². The number of ether oxygens (including phenoxy) is 3. The van der Waals surface area contributed by atoms with Gasteiger partial charge in [0, 0.05) is 22.9 Å². The summed E-state index contributed by atoms with van der Waals surface area (Å²) in [5.41, 5.74) is 9.70. The van der Waals surface area contributed by atoms with E-state index in [1.807, 2.05) is 31.2 Å². The van der Waals surface area contributed by atoms with Crippen LogP contribution >= 0.6 is 15.9 Å². The van der Waals surface area contributed by atoms with Crippen molar-refractivity contribution < 1.29 is 19.0 Å². The molecule has 0 saturated heterocycles. The van der Waals surface area contributed by atoms with Gasteiger partial charge < -0.3 is 19.9 Å². The number of nitrogens with zero attached hydrogens (tertiary/aromatic N) is 1. The SMILES string of the molecule is COc1cc([C@@H]2C(C#N)=C(N)OC3=C2C(=O)CCC3)c(Br)cc1OCc1ccc(C)cc1. The maximum Gasteiger partial charge on any atom is 0.205 e. The number of carbonyl (C=O) groups is 1. The van der Waals surface area contributed by atoms with Crippen LogP contribution in [0.3, 0.4) is 0 Å². The zero-order valence-electron chi connectivity index (χ0n) is 17.9. The number of Topliss-reactive ketones (excluding diaryl/α,β-unsaturated/α-hetero) is 1. The Morgan fingerprint density at radius 3 is 2.66 bits per heavy atom. The lowest BCUT2D eigenvalue weighted by molar-refractivity contribution is -0.116. The average molecular weight is 495 g/mol. The van der Waals surface area contributed by atoms with Crippen LogP contribution < -0.4 is 15.2 Å². The Balaban J connectivity index is 1.73. The van der Waals surface area contributed by atoms with Gasteiger partial charge in [-0.2, -0.15) is 5.26 Å². The third-order valence-corrected chi connectivity index (χ3v) is 6.40. The highest BCUT2D eigenvalue weighted by molar-refractivity contribution is 9.10. The predicted molar refractivity (Wildman–Crippen MR) is 123 cm³/mol. The minimum Gasteiger partial charge on any atom is -0.493 e. The molecule has 0 bridgehead atoms. The number of nitriles is 1. The van der Waals surface area contributed by atoms with Gasteiger partial charge in [0.05, 0.1) is 13.0 Å². The van der Waals surface area contributed by atoms with Crippen molar-refractivity contribution in [1.82, 2.24) is 0 Å². The Morgan fingerprint density at radius 2 is 1.97 bits per heavy atom. The van der Waals surface area contributed by atoms with Crippen LogP contribution in [0, 0.1) is 18.3 Å². The van der Waals surface area contributed by atoms with Crippen LogP contribution in [0.5, 0.6) is 11.5 Å². The quantitative estimate of drug-likeness (QED) is 0.616. The molecule has 0 spiro atoms. The summed E-state index contributed by atoms with van der Waals surface area (Å²) < 4.78 is 18.0. The van der Waals surface area contributed by atoms with E-state index in [4.69, 9.17) is 19.9 Å². The number of aryl methyl sites for hydroxylation is 1. The zero-order valence-corrected chi connectivity index (χ0v) is 19.5. The molecule has 0 aromatic heterocycles. The highest BCUT2D eigenvalue weighted by Gasteiger charge is 2.39. The molecule has 2 aromatic rings. The molecule has 7 heteroatoms. The van der Waals surface area contributed by atoms with Crippen LogP contribution in [-0.2, 0) is 16.1 Å². The molecule has 2 N–H and O–H groups in total. The van der Waals surface area contributed by atoms with E-state index < -0.39 is 5.92 Å². The van der Waals surface area contributed by atoms with Crippen LogP contribution in [0.15, 0.2) is 63.7 Å². The molecule has 0 saturated carbocycles. The van der Waals surface area contributed by atoms with Crippen LogP contribution in [0.4, 0.5) is 0 Å². The second kappa shape index (κ2) is 9.09. The monoisotopic (exact) mass is 494 g/mol. The van der Waals surface area contributed by atoms with Crippen molar-refractivity contribution in [3.8, 4) is 17.6 Å². The fourth-order valence-electron chi connectivity index (χ4n) is 4.06. The molecule has 0 fully saturated rings. The van der Waals surface area contributed by atoms with Crippen molar-refractivity contribution in [3.63, 3.8) is 0 Å². The highest BCUT2D eigenvalue weighted by Crippen LogP contribution is 2.47. The van der Waals surface area contributed by atoms with Crippen LogP contribution in [0.25, 0.3) is 0 Å². The standard InChI is InChI=1S/C25H23BrN2O4/c1-14-6-8-15(9-7-14)13-31-22-11-18(26)16(10-21(22)30-2)23-17(12-27)25(28)32-20-5-3-4-19(29)24(20)23/h6-11,23H,3-5,13,28H2,1-2H3/t23-/m1/s1. The molecular weight excluding hydrogens is 472 g/mol. The largest absolute Gasteiger partial charge is 0.493 e. The minimum atomic E-state index is -0.619. The van der Waals surface area contributed by atoms with Gasteiger partial charge in [0.1, 0.15) is 24.0 Å². The van der Waals surface area contributed by atoms with E-state index in [9.17, 15) is 10.1 Å². The molecule has 32 heavy (non-hydrogen) atoms. The first-order valence-corrected chi connectivity index (χ1v) is 11.1. The smallest absolute Gasteiger partial charge is 0.205 e. The Hall–Kier alpha value is -3.24. The summed E-state index contributed by atoms with van der Waals surface area (Å²) in [5, 5.41) is 9.80. The lowest BCUT2D eigenvalue weighted by atomic mass is 9.77. The van der Waals surface area contributed by atoms with Crippen molar-refractivity contribution in [3.05, 3.63) is 80.3 Å². The fourth-order valence-corrected chi connectivity index (χ4v) is 4.61. The second-order valence-corrected chi connectivity index (χ2v) is 8.69. The topological polar surface area (TPSA) is 94.6 Å². The highest BCUT2D eigenvalue weighted by atomic mass is 79.9. The second-order valence-electron chi connectivity index (χ2n) is 7.84. The first-order valence-electron chi connectivity index (χ1n) is 10.3.